The van der Waals surface area contributed by atoms with Crippen molar-refractivity contribution in [1.29, 1.82) is 0 Å². The summed E-state index contributed by atoms with van der Waals surface area (Å²) in [4.78, 5) is 18.5. The number of hydrogen-bond acceptors (Lipinski definition) is 3. The van der Waals surface area contributed by atoms with Gasteiger partial charge in [-0.2, -0.15) is 0 Å². The Kier molecular flexibility index (Phi) is 6.48. The van der Waals surface area contributed by atoms with E-state index < -0.39 is 0 Å². The lowest BCUT2D eigenvalue weighted by Gasteiger charge is -2.58. The number of carbonyl (C=O) groups excluding carboxylic acids is 1. The number of carbonyl (C=O) groups is 1. The highest BCUT2D eigenvalue weighted by atomic mass is 16.7. The molecule has 9 atom stereocenters. The number of aliphatic hydroxyl groups excluding tert-OH is 1. The molecule has 0 radical (unpaired) electrons. The Morgan fingerprint density at radius 2 is 2.00 bits per heavy atom. The number of allylic oxidation sites excluding steroid dienone is 1. The largest absolute Gasteiger partial charge is 0.393 e. The average Bonchev–Trinajstić information content (AvgIpc) is 3.15. The van der Waals surface area contributed by atoms with E-state index in [0.717, 1.165) is 55.8 Å². The fourth-order valence-corrected chi connectivity index (χ4v) is 9.38. The zero-order valence-electron chi connectivity index (χ0n) is 21.5. The number of hydroxylamine groups is 2. The van der Waals surface area contributed by atoms with E-state index in [1.54, 1.807) is 10.6 Å². The Morgan fingerprint density at radius 3 is 2.79 bits per heavy atom. The lowest BCUT2D eigenvalue weighted by atomic mass is 9.47. The zero-order valence-corrected chi connectivity index (χ0v) is 21.5. The molecule has 1 amide bonds. The van der Waals surface area contributed by atoms with E-state index in [-0.39, 0.29) is 18.1 Å². The van der Waals surface area contributed by atoms with Crippen molar-refractivity contribution in [2.24, 2.45) is 40.4 Å². The van der Waals surface area contributed by atoms with Crippen LogP contribution in [0.15, 0.2) is 11.6 Å². The average molecular weight is 458 g/mol. The van der Waals surface area contributed by atoms with Crippen molar-refractivity contribution in [3.63, 3.8) is 0 Å². The number of aliphatic hydroxyl groups is 1. The van der Waals surface area contributed by atoms with Crippen molar-refractivity contribution in [2.45, 2.75) is 117 Å². The maximum absolute atomic E-state index is 12.8. The van der Waals surface area contributed by atoms with E-state index in [2.05, 4.69) is 33.8 Å². The first-order valence-electron chi connectivity index (χ1n) is 14.1. The second-order valence-corrected chi connectivity index (χ2v) is 12.9. The second kappa shape index (κ2) is 8.97. The van der Waals surface area contributed by atoms with Crippen molar-refractivity contribution >= 4 is 5.91 Å². The first-order chi connectivity index (χ1) is 15.7. The monoisotopic (exact) mass is 457 g/mol. The molecule has 4 heteroatoms. The first-order valence-corrected chi connectivity index (χ1v) is 14.1. The van der Waals surface area contributed by atoms with Crippen LogP contribution in [0.4, 0.5) is 0 Å². The molecule has 4 aliphatic carbocycles. The number of amides is 1. The van der Waals surface area contributed by atoms with E-state index >= 15 is 0 Å². The van der Waals surface area contributed by atoms with Crippen molar-refractivity contribution in [2.75, 3.05) is 6.61 Å². The highest BCUT2D eigenvalue weighted by Crippen LogP contribution is 2.67. The molecule has 4 nitrogen and oxygen atoms in total. The van der Waals surface area contributed by atoms with Gasteiger partial charge in [0, 0.05) is 6.42 Å². The molecule has 0 aromatic rings. The molecule has 186 valence electrons. The molecular formula is C29H47NO3. The summed E-state index contributed by atoms with van der Waals surface area (Å²) in [5.74, 6) is 3.96. The van der Waals surface area contributed by atoms with Gasteiger partial charge in [-0.05, 0) is 118 Å². The number of rotatable bonds is 4. The van der Waals surface area contributed by atoms with Gasteiger partial charge in [-0.1, -0.05) is 32.4 Å². The van der Waals surface area contributed by atoms with Crippen LogP contribution in [0.3, 0.4) is 0 Å². The lowest BCUT2D eigenvalue weighted by molar-refractivity contribution is -0.212. The number of nitrogens with zero attached hydrogens (tertiary/aromatic N) is 1. The van der Waals surface area contributed by atoms with E-state index in [1.807, 2.05) is 0 Å². The predicted octanol–water partition coefficient (Wildman–Crippen LogP) is 6.29. The molecule has 1 N–H and O–H groups in total. The highest BCUT2D eigenvalue weighted by molar-refractivity contribution is 5.75. The predicted molar refractivity (Wildman–Crippen MR) is 131 cm³/mol. The van der Waals surface area contributed by atoms with Crippen LogP contribution in [0.25, 0.3) is 0 Å². The molecular weight excluding hydrogens is 410 g/mol. The topological polar surface area (TPSA) is 49.8 Å². The van der Waals surface area contributed by atoms with Gasteiger partial charge in [0.2, 0.25) is 5.91 Å². The molecule has 3 saturated carbocycles. The highest BCUT2D eigenvalue weighted by Gasteiger charge is 2.59. The quantitative estimate of drug-likeness (QED) is 0.505. The lowest BCUT2D eigenvalue weighted by Crippen LogP contribution is -2.50. The van der Waals surface area contributed by atoms with Gasteiger partial charge in [0.25, 0.3) is 0 Å². The van der Waals surface area contributed by atoms with Gasteiger partial charge in [0.05, 0.1) is 18.8 Å². The van der Waals surface area contributed by atoms with Crippen LogP contribution in [0.1, 0.15) is 105 Å². The maximum atomic E-state index is 12.8. The SMILES string of the molecule is C[C@H](CCC(=O)N1OCCC[C@H]1C)[C@H]1CC[C@H]2[C@@H]3CC=C4C[C@@H](O)CC[C@]4(C)[C@H]3CC[C@]12C. The summed E-state index contributed by atoms with van der Waals surface area (Å²) in [7, 11) is 0. The van der Waals surface area contributed by atoms with E-state index in [9.17, 15) is 9.90 Å². The fraction of sp³-hybridized carbons (Fsp3) is 0.897. The maximum Gasteiger partial charge on any atom is 0.246 e. The fourth-order valence-electron chi connectivity index (χ4n) is 9.38. The smallest absolute Gasteiger partial charge is 0.246 e. The summed E-state index contributed by atoms with van der Waals surface area (Å²) >= 11 is 0. The number of hydrogen-bond donors (Lipinski definition) is 1. The normalized spacial score (nSPS) is 46.1. The summed E-state index contributed by atoms with van der Waals surface area (Å²) < 4.78 is 0. The van der Waals surface area contributed by atoms with E-state index in [0.29, 0.717) is 29.8 Å². The van der Waals surface area contributed by atoms with Crippen LogP contribution in [-0.4, -0.2) is 34.8 Å². The molecule has 1 heterocycles. The molecule has 0 aromatic heterocycles. The molecule has 33 heavy (non-hydrogen) atoms. The molecule has 0 unspecified atom stereocenters. The Balaban J connectivity index is 1.25. The molecule has 5 rings (SSSR count). The summed E-state index contributed by atoms with van der Waals surface area (Å²) in [6, 6.07) is 0.219. The zero-order chi connectivity index (χ0) is 23.4. The van der Waals surface area contributed by atoms with Crippen LogP contribution in [0.5, 0.6) is 0 Å². The van der Waals surface area contributed by atoms with Crippen LogP contribution in [0.2, 0.25) is 0 Å². The van der Waals surface area contributed by atoms with Crippen LogP contribution in [0, 0.1) is 40.4 Å². The number of fused-ring (bicyclic) bond motifs is 5. The second-order valence-electron chi connectivity index (χ2n) is 12.9. The van der Waals surface area contributed by atoms with Gasteiger partial charge >= 0.3 is 0 Å². The first kappa shape index (κ1) is 23.9. The standard InChI is InChI=1S/C29H47NO3/c1-19(7-12-27(32)30-20(2)6-5-17-33-30)24-10-11-25-23-9-8-21-18-22(31)13-15-28(21,3)26(23)14-16-29(24,25)4/h8,19-20,22-26,31H,5-7,9-18H2,1-4H3/t19-,20-,22+,23+,24-,25+,26+,28+,29-/m1/s1. The van der Waals surface area contributed by atoms with Gasteiger partial charge in [-0.15, -0.1) is 0 Å². The van der Waals surface area contributed by atoms with E-state index in [1.165, 1.54) is 38.5 Å². The van der Waals surface area contributed by atoms with Crippen molar-refractivity contribution < 1.29 is 14.7 Å². The molecule has 0 spiro atoms. The summed E-state index contributed by atoms with van der Waals surface area (Å²) in [6.45, 7) is 10.3. The molecule has 0 aromatic carbocycles. The Hall–Kier alpha value is -0.870. The van der Waals surface area contributed by atoms with Crippen molar-refractivity contribution in [3.05, 3.63) is 11.6 Å². The third-order valence-corrected chi connectivity index (χ3v) is 11.3. The van der Waals surface area contributed by atoms with Crippen LogP contribution < -0.4 is 0 Å². The minimum absolute atomic E-state index is 0.118. The van der Waals surface area contributed by atoms with Gasteiger partial charge in [0.1, 0.15) is 0 Å². The van der Waals surface area contributed by atoms with Gasteiger partial charge < -0.3 is 5.11 Å². The molecule has 1 aliphatic heterocycles. The summed E-state index contributed by atoms with van der Waals surface area (Å²) in [5.41, 5.74) is 2.32. The Labute approximate surface area is 201 Å². The molecule has 0 bridgehead atoms. The molecule has 5 aliphatic rings. The minimum Gasteiger partial charge on any atom is -0.393 e. The summed E-state index contributed by atoms with van der Waals surface area (Å²) in [5, 5.41) is 11.9. The van der Waals surface area contributed by atoms with Gasteiger partial charge in [0.15, 0.2) is 0 Å². The van der Waals surface area contributed by atoms with E-state index in [4.69, 9.17) is 4.84 Å². The van der Waals surface area contributed by atoms with Crippen molar-refractivity contribution in [3.8, 4) is 0 Å². The van der Waals surface area contributed by atoms with Crippen LogP contribution >= 0.6 is 0 Å². The van der Waals surface area contributed by atoms with Gasteiger partial charge in [-0.3, -0.25) is 9.63 Å². The third-order valence-electron chi connectivity index (χ3n) is 11.3. The Morgan fingerprint density at radius 1 is 1.18 bits per heavy atom. The van der Waals surface area contributed by atoms with Gasteiger partial charge in [-0.25, -0.2) is 5.06 Å². The van der Waals surface area contributed by atoms with Crippen molar-refractivity contribution in [1.82, 2.24) is 5.06 Å². The Bertz CT molecular complexity index is 779. The van der Waals surface area contributed by atoms with Crippen LogP contribution in [-0.2, 0) is 9.63 Å². The molecule has 4 fully saturated rings. The third kappa shape index (κ3) is 4.01. The minimum atomic E-state index is -0.118. The molecule has 1 saturated heterocycles. The summed E-state index contributed by atoms with van der Waals surface area (Å²) in [6.07, 6.45) is 15.9.